The van der Waals surface area contributed by atoms with Crippen LogP contribution in [0, 0.1) is 0 Å². The number of rotatable bonds is 7. The van der Waals surface area contributed by atoms with Gasteiger partial charge in [-0.15, -0.1) is 0 Å². The van der Waals surface area contributed by atoms with Gasteiger partial charge in [-0.05, 0) is 88.0 Å². The maximum Gasteiger partial charge on any atom is 0.164 e. The molecular weight excluding hydrogens is 757 g/mol. The van der Waals surface area contributed by atoms with E-state index in [1.165, 1.54) is 5.39 Å². The zero-order chi connectivity index (χ0) is 41.0. The van der Waals surface area contributed by atoms with Gasteiger partial charge in [0.2, 0.25) is 0 Å². The van der Waals surface area contributed by atoms with Gasteiger partial charge in [-0.25, -0.2) is 15.0 Å². The molecule has 3 aromatic heterocycles. The van der Waals surface area contributed by atoms with E-state index in [9.17, 15) is 0 Å². The van der Waals surface area contributed by atoms with Crippen molar-refractivity contribution >= 4 is 43.7 Å². The molecule has 5 nitrogen and oxygen atoms in total. The fraction of sp³-hybridized carbons (Fsp3) is 0. The summed E-state index contributed by atoms with van der Waals surface area (Å²) in [5.74, 6) is 1.84. The molecular formula is C57H36N4O. The molecule has 0 fully saturated rings. The number of hydrogen-bond donors (Lipinski definition) is 0. The second-order valence-corrected chi connectivity index (χ2v) is 15.6. The van der Waals surface area contributed by atoms with Crippen LogP contribution in [0.3, 0.4) is 0 Å². The molecule has 62 heavy (non-hydrogen) atoms. The van der Waals surface area contributed by atoms with Crippen LogP contribution < -0.4 is 0 Å². The molecule has 0 aliphatic rings. The van der Waals surface area contributed by atoms with Crippen LogP contribution in [0.5, 0.6) is 0 Å². The minimum atomic E-state index is 0.608. The molecule has 290 valence electrons. The van der Waals surface area contributed by atoms with E-state index in [4.69, 9.17) is 19.4 Å². The van der Waals surface area contributed by atoms with Crippen molar-refractivity contribution in [2.24, 2.45) is 0 Å². The van der Waals surface area contributed by atoms with Gasteiger partial charge in [0.05, 0.1) is 11.0 Å². The first-order chi connectivity index (χ1) is 30.7. The summed E-state index contributed by atoms with van der Waals surface area (Å²) in [5, 5.41) is 4.56. The highest BCUT2D eigenvalue weighted by Crippen LogP contribution is 2.40. The van der Waals surface area contributed by atoms with Crippen LogP contribution in [0.15, 0.2) is 223 Å². The molecule has 12 rings (SSSR count). The average molecular weight is 793 g/mol. The fourth-order valence-corrected chi connectivity index (χ4v) is 8.88. The number of benzene rings is 9. The molecule has 0 aliphatic heterocycles. The van der Waals surface area contributed by atoms with Gasteiger partial charge in [-0.2, -0.15) is 0 Å². The van der Waals surface area contributed by atoms with Crippen LogP contribution in [0.2, 0.25) is 0 Å². The molecule has 5 heteroatoms. The third-order valence-electron chi connectivity index (χ3n) is 11.8. The summed E-state index contributed by atoms with van der Waals surface area (Å²) in [6, 6.07) is 76.3. The van der Waals surface area contributed by atoms with E-state index in [2.05, 4.69) is 180 Å². The Bertz CT molecular complexity index is 3630. The topological polar surface area (TPSA) is 56.7 Å². The van der Waals surface area contributed by atoms with Crippen LogP contribution in [0.25, 0.3) is 117 Å². The SMILES string of the molecule is c1ccc(-c2ccc(-c3nc(-c4ccccc4)nc(-c4cccc(-c5cccc(-n6c7ccccc7c7cc8oc9ccccc9c8cc76)c5)c4)n3)c(-c3ccccc3)c2)cc1. The Kier molecular flexibility index (Phi) is 8.42. The lowest BCUT2D eigenvalue weighted by Gasteiger charge is -2.14. The van der Waals surface area contributed by atoms with E-state index in [0.717, 1.165) is 94.1 Å². The van der Waals surface area contributed by atoms with Crippen LogP contribution in [-0.4, -0.2) is 19.5 Å². The summed E-state index contributed by atoms with van der Waals surface area (Å²) in [5.41, 5.74) is 14.5. The summed E-state index contributed by atoms with van der Waals surface area (Å²) in [6.07, 6.45) is 0. The molecule has 12 aromatic rings. The number of furan rings is 1. The monoisotopic (exact) mass is 792 g/mol. The van der Waals surface area contributed by atoms with Crippen LogP contribution in [0.1, 0.15) is 0 Å². The Labute approximate surface area is 357 Å². The standard InChI is InChI=1S/C57H36N4O/c1-4-16-37(17-5-1)42-30-31-47(48(34-42)38-18-6-2-7-19-38)57-59-55(39-20-8-3-9-21-39)58-56(60-57)43-24-14-22-40(32-43)41-23-15-25-44(33-41)61-51-28-12-10-26-45(51)49-36-54-50(35-52(49)61)46-27-11-13-29-53(46)62-54/h1-36H. The molecule has 0 amide bonds. The maximum atomic E-state index is 6.34. The Morgan fingerprint density at radius 2 is 0.871 bits per heavy atom. The minimum absolute atomic E-state index is 0.608. The highest BCUT2D eigenvalue weighted by Gasteiger charge is 2.19. The highest BCUT2D eigenvalue weighted by molar-refractivity contribution is 6.17. The lowest BCUT2D eigenvalue weighted by atomic mass is 9.94. The predicted molar refractivity (Wildman–Crippen MR) is 254 cm³/mol. The predicted octanol–water partition coefficient (Wildman–Crippen LogP) is 14.9. The molecule has 3 heterocycles. The van der Waals surface area contributed by atoms with Crippen LogP contribution in [0.4, 0.5) is 0 Å². The fourth-order valence-electron chi connectivity index (χ4n) is 8.88. The third kappa shape index (κ3) is 6.14. The van der Waals surface area contributed by atoms with Gasteiger partial charge in [-0.3, -0.25) is 0 Å². The lowest BCUT2D eigenvalue weighted by Crippen LogP contribution is -2.01. The average Bonchev–Trinajstić information content (AvgIpc) is 3.88. The molecule has 0 saturated carbocycles. The number of para-hydroxylation sites is 2. The van der Waals surface area contributed by atoms with E-state index in [-0.39, 0.29) is 0 Å². The molecule has 9 aromatic carbocycles. The smallest absolute Gasteiger partial charge is 0.164 e. The van der Waals surface area contributed by atoms with Gasteiger partial charge in [-0.1, -0.05) is 164 Å². The molecule has 0 radical (unpaired) electrons. The quantitative estimate of drug-likeness (QED) is 0.161. The number of hydrogen-bond acceptors (Lipinski definition) is 4. The summed E-state index contributed by atoms with van der Waals surface area (Å²) in [6.45, 7) is 0. The van der Waals surface area contributed by atoms with Crippen LogP contribution >= 0.6 is 0 Å². The van der Waals surface area contributed by atoms with Crippen molar-refractivity contribution < 1.29 is 4.42 Å². The summed E-state index contributed by atoms with van der Waals surface area (Å²) < 4.78 is 8.71. The van der Waals surface area contributed by atoms with Crippen molar-refractivity contribution in [1.29, 1.82) is 0 Å². The second kappa shape index (κ2) is 14.7. The summed E-state index contributed by atoms with van der Waals surface area (Å²) >= 11 is 0. The zero-order valence-corrected chi connectivity index (χ0v) is 33.5. The second-order valence-electron chi connectivity index (χ2n) is 15.6. The highest BCUT2D eigenvalue weighted by atomic mass is 16.3. The molecule has 0 bridgehead atoms. The Hall–Kier alpha value is -8.41. The van der Waals surface area contributed by atoms with Gasteiger partial charge in [0.15, 0.2) is 17.5 Å². The molecule has 0 aliphatic carbocycles. The first-order valence-electron chi connectivity index (χ1n) is 20.8. The van der Waals surface area contributed by atoms with E-state index in [1.54, 1.807) is 0 Å². The first-order valence-corrected chi connectivity index (χ1v) is 20.8. The molecule has 0 atom stereocenters. The number of nitrogens with zero attached hydrogens (tertiary/aromatic N) is 4. The van der Waals surface area contributed by atoms with E-state index in [0.29, 0.717) is 17.5 Å². The van der Waals surface area contributed by atoms with Crippen molar-refractivity contribution in [3.8, 4) is 73.2 Å². The third-order valence-corrected chi connectivity index (χ3v) is 11.8. The van der Waals surface area contributed by atoms with Crippen molar-refractivity contribution in [1.82, 2.24) is 19.5 Å². The van der Waals surface area contributed by atoms with Crippen molar-refractivity contribution in [2.45, 2.75) is 0 Å². The summed E-state index contributed by atoms with van der Waals surface area (Å²) in [7, 11) is 0. The molecule has 0 saturated heterocycles. The number of fused-ring (bicyclic) bond motifs is 6. The Balaban J connectivity index is 0.997. The van der Waals surface area contributed by atoms with Crippen molar-refractivity contribution in [2.75, 3.05) is 0 Å². The van der Waals surface area contributed by atoms with Gasteiger partial charge in [0, 0.05) is 43.9 Å². The van der Waals surface area contributed by atoms with Gasteiger partial charge in [0.1, 0.15) is 11.2 Å². The van der Waals surface area contributed by atoms with Gasteiger partial charge < -0.3 is 8.98 Å². The van der Waals surface area contributed by atoms with E-state index >= 15 is 0 Å². The van der Waals surface area contributed by atoms with E-state index in [1.807, 2.05) is 42.5 Å². The maximum absolute atomic E-state index is 6.34. The summed E-state index contributed by atoms with van der Waals surface area (Å²) in [4.78, 5) is 15.6. The lowest BCUT2D eigenvalue weighted by molar-refractivity contribution is 0.669. The minimum Gasteiger partial charge on any atom is -0.456 e. The largest absolute Gasteiger partial charge is 0.456 e. The van der Waals surface area contributed by atoms with Crippen molar-refractivity contribution in [3.63, 3.8) is 0 Å². The first kappa shape index (κ1) is 35.5. The Morgan fingerprint density at radius 1 is 0.290 bits per heavy atom. The number of aromatic nitrogens is 4. The normalized spacial score (nSPS) is 11.5. The van der Waals surface area contributed by atoms with Gasteiger partial charge >= 0.3 is 0 Å². The van der Waals surface area contributed by atoms with Crippen molar-refractivity contribution in [3.05, 3.63) is 218 Å². The van der Waals surface area contributed by atoms with Gasteiger partial charge in [0.25, 0.3) is 0 Å². The molecule has 0 unspecified atom stereocenters. The zero-order valence-electron chi connectivity index (χ0n) is 33.5. The Morgan fingerprint density at radius 3 is 1.66 bits per heavy atom. The molecule has 0 spiro atoms. The molecule has 0 N–H and O–H groups in total. The van der Waals surface area contributed by atoms with E-state index < -0.39 is 0 Å². The van der Waals surface area contributed by atoms with Crippen LogP contribution in [-0.2, 0) is 0 Å².